The topological polar surface area (TPSA) is 70.1 Å². The molecular formula is C18H29F3IN5O2. The summed E-state index contributed by atoms with van der Waals surface area (Å²) in [6.45, 7) is 8.27. The Morgan fingerprint density at radius 2 is 1.90 bits per heavy atom. The lowest BCUT2D eigenvalue weighted by atomic mass is 10.3. The number of nitrogens with one attached hydrogen (secondary N) is 1. The summed E-state index contributed by atoms with van der Waals surface area (Å²) < 4.78 is 42.9. The molecule has 0 aliphatic carbocycles. The SMILES string of the molecule is CCNC(=NCCOc1ccc(C(F)(F)F)cn1)N(C)CC(=O)N(CC)CC.I. The normalized spacial score (nSPS) is 11.5. The maximum absolute atomic E-state index is 12.5. The monoisotopic (exact) mass is 531 g/mol. The number of aliphatic imine (C=N–C) groups is 1. The van der Waals surface area contributed by atoms with Gasteiger partial charge in [0.25, 0.3) is 0 Å². The van der Waals surface area contributed by atoms with Crippen LogP contribution in [0.4, 0.5) is 13.2 Å². The highest BCUT2D eigenvalue weighted by Gasteiger charge is 2.30. The molecule has 0 radical (unpaired) electrons. The number of likely N-dealkylation sites (N-methyl/N-ethyl adjacent to an activating group) is 2. The van der Waals surface area contributed by atoms with Gasteiger partial charge in [-0.3, -0.25) is 4.79 Å². The molecule has 11 heteroatoms. The van der Waals surface area contributed by atoms with Gasteiger partial charge in [-0.15, -0.1) is 24.0 Å². The minimum Gasteiger partial charge on any atom is -0.476 e. The molecule has 0 fully saturated rings. The van der Waals surface area contributed by atoms with Crippen LogP contribution in [0.3, 0.4) is 0 Å². The average Bonchev–Trinajstić information content (AvgIpc) is 2.64. The van der Waals surface area contributed by atoms with Crippen molar-refractivity contribution < 1.29 is 22.7 Å². The first kappa shape index (κ1) is 27.2. The van der Waals surface area contributed by atoms with E-state index in [1.165, 1.54) is 6.07 Å². The first-order valence-electron chi connectivity index (χ1n) is 9.16. The van der Waals surface area contributed by atoms with Gasteiger partial charge in [0.15, 0.2) is 5.96 Å². The van der Waals surface area contributed by atoms with Crippen molar-refractivity contribution in [3.8, 4) is 5.88 Å². The van der Waals surface area contributed by atoms with E-state index >= 15 is 0 Å². The van der Waals surface area contributed by atoms with Gasteiger partial charge in [-0.2, -0.15) is 13.2 Å². The zero-order chi connectivity index (χ0) is 21.2. The maximum atomic E-state index is 12.5. The number of alkyl halides is 3. The number of rotatable bonds is 9. The van der Waals surface area contributed by atoms with E-state index in [1.807, 2.05) is 20.8 Å². The van der Waals surface area contributed by atoms with Crippen molar-refractivity contribution in [2.24, 2.45) is 4.99 Å². The zero-order valence-electron chi connectivity index (χ0n) is 17.1. The number of carbonyl (C=O) groups excluding carboxylic acids is 1. The summed E-state index contributed by atoms with van der Waals surface area (Å²) in [5.74, 6) is 0.647. The van der Waals surface area contributed by atoms with Crippen LogP contribution in [0.15, 0.2) is 23.3 Å². The molecule has 1 amide bonds. The second-order valence-electron chi connectivity index (χ2n) is 5.89. The molecular weight excluding hydrogens is 502 g/mol. The Bertz CT molecular complexity index is 637. The van der Waals surface area contributed by atoms with Crippen molar-refractivity contribution in [1.82, 2.24) is 20.1 Å². The summed E-state index contributed by atoms with van der Waals surface area (Å²) in [7, 11) is 1.77. The zero-order valence-corrected chi connectivity index (χ0v) is 19.5. The van der Waals surface area contributed by atoms with Crippen molar-refractivity contribution in [3.63, 3.8) is 0 Å². The summed E-state index contributed by atoms with van der Waals surface area (Å²) in [6.07, 6.45) is -3.70. The van der Waals surface area contributed by atoms with Crippen molar-refractivity contribution in [1.29, 1.82) is 0 Å². The van der Waals surface area contributed by atoms with Crippen LogP contribution in [0.25, 0.3) is 0 Å². The first-order valence-corrected chi connectivity index (χ1v) is 9.16. The lowest BCUT2D eigenvalue weighted by molar-refractivity contribution is -0.137. The van der Waals surface area contributed by atoms with Crippen molar-refractivity contribution in [2.75, 3.05) is 46.4 Å². The molecule has 0 aliphatic rings. The molecule has 0 aromatic carbocycles. The van der Waals surface area contributed by atoms with E-state index in [0.717, 1.165) is 12.3 Å². The number of nitrogens with zero attached hydrogens (tertiary/aromatic N) is 4. The Balaban J connectivity index is 0.00000784. The minimum absolute atomic E-state index is 0. The quantitative estimate of drug-likeness (QED) is 0.230. The Labute approximate surface area is 186 Å². The second-order valence-corrected chi connectivity index (χ2v) is 5.89. The molecule has 1 rings (SSSR count). The molecule has 1 heterocycles. The van der Waals surface area contributed by atoms with Gasteiger partial charge in [-0.25, -0.2) is 9.98 Å². The average molecular weight is 531 g/mol. The molecule has 1 aromatic rings. The van der Waals surface area contributed by atoms with E-state index in [1.54, 1.807) is 16.8 Å². The van der Waals surface area contributed by atoms with Gasteiger partial charge in [-0.05, 0) is 26.8 Å². The standard InChI is InChI=1S/C18H28F3N5O2.HI/c1-5-22-17(25(4)13-16(27)26(6-2)7-3)23-10-11-28-15-9-8-14(12-24-15)18(19,20)21;/h8-9,12H,5-7,10-11,13H2,1-4H3,(H,22,23);1H. The van der Waals surface area contributed by atoms with E-state index < -0.39 is 11.7 Å². The molecule has 166 valence electrons. The third kappa shape index (κ3) is 9.50. The number of halogens is 4. The van der Waals surface area contributed by atoms with Gasteiger partial charge in [0.2, 0.25) is 11.8 Å². The van der Waals surface area contributed by atoms with Crippen molar-refractivity contribution in [3.05, 3.63) is 23.9 Å². The number of carbonyl (C=O) groups is 1. The van der Waals surface area contributed by atoms with Crippen molar-refractivity contribution >= 4 is 35.8 Å². The number of ether oxygens (including phenoxy) is 1. The predicted molar refractivity (Wildman–Crippen MR) is 117 cm³/mol. The van der Waals surface area contributed by atoms with Gasteiger partial charge in [0.1, 0.15) is 6.61 Å². The van der Waals surface area contributed by atoms with Crippen LogP contribution in [0.2, 0.25) is 0 Å². The fourth-order valence-electron chi connectivity index (χ4n) is 2.36. The maximum Gasteiger partial charge on any atom is 0.417 e. The van der Waals surface area contributed by atoms with Crippen molar-refractivity contribution in [2.45, 2.75) is 26.9 Å². The largest absolute Gasteiger partial charge is 0.476 e. The fourth-order valence-corrected chi connectivity index (χ4v) is 2.36. The summed E-state index contributed by atoms with van der Waals surface area (Å²) in [4.78, 5) is 23.7. The van der Waals surface area contributed by atoms with Crippen LogP contribution in [-0.4, -0.2) is 73.0 Å². The lowest BCUT2D eigenvalue weighted by Crippen LogP contribution is -2.45. The van der Waals surface area contributed by atoms with E-state index in [4.69, 9.17) is 4.74 Å². The number of amides is 1. The third-order valence-corrected chi connectivity index (χ3v) is 3.85. The van der Waals surface area contributed by atoms with Gasteiger partial charge < -0.3 is 19.9 Å². The van der Waals surface area contributed by atoms with E-state index in [9.17, 15) is 18.0 Å². The van der Waals surface area contributed by atoms with Gasteiger partial charge in [0, 0.05) is 38.9 Å². The van der Waals surface area contributed by atoms with Crippen LogP contribution in [0.5, 0.6) is 5.88 Å². The second kappa shape index (κ2) is 13.4. The Morgan fingerprint density at radius 1 is 1.24 bits per heavy atom. The predicted octanol–water partition coefficient (Wildman–Crippen LogP) is 2.86. The third-order valence-electron chi connectivity index (χ3n) is 3.85. The molecule has 1 aromatic heterocycles. The van der Waals surface area contributed by atoms with Crippen LogP contribution in [-0.2, 0) is 11.0 Å². The Hall–Kier alpha value is -1.79. The number of aromatic nitrogens is 1. The molecule has 0 unspecified atom stereocenters. The number of guanidine groups is 1. The van der Waals surface area contributed by atoms with Gasteiger partial charge in [-0.1, -0.05) is 0 Å². The highest BCUT2D eigenvalue weighted by atomic mass is 127. The number of pyridine rings is 1. The molecule has 0 atom stereocenters. The molecule has 0 bridgehead atoms. The highest BCUT2D eigenvalue weighted by molar-refractivity contribution is 14.0. The fraction of sp³-hybridized carbons (Fsp3) is 0.611. The summed E-state index contributed by atoms with van der Waals surface area (Å²) in [5, 5.41) is 3.09. The number of hydrogen-bond donors (Lipinski definition) is 1. The molecule has 0 spiro atoms. The minimum atomic E-state index is -4.43. The Kier molecular flexibility index (Phi) is 12.6. The summed E-state index contributed by atoms with van der Waals surface area (Å²) >= 11 is 0. The van der Waals surface area contributed by atoms with Gasteiger partial charge in [0.05, 0.1) is 18.7 Å². The molecule has 0 saturated carbocycles. The van der Waals surface area contributed by atoms with Gasteiger partial charge >= 0.3 is 6.18 Å². The van der Waals surface area contributed by atoms with Crippen LogP contribution < -0.4 is 10.1 Å². The number of hydrogen-bond acceptors (Lipinski definition) is 4. The van der Waals surface area contributed by atoms with Crippen LogP contribution in [0, 0.1) is 0 Å². The Morgan fingerprint density at radius 3 is 2.38 bits per heavy atom. The molecule has 7 nitrogen and oxygen atoms in total. The molecule has 0 aliphatic heterocycles. The van der Waals surface area contributed by atoms with E-state index in [-0.39, 0.29) is 55.5 Å². The first-order chi connectivity index (χ1) is 13.2. The van der Waals surface area contributed by atoms with E-state index in [0.29, 0.717) is 25.6 Å². The smallest absolute Gasteiger partial charge is 0.417 e. The summed E-state index contributed by atoms with van der Waals surface area (Å²) in [6, 6.07) is 2.09. The summed E-state index contributed by atoms with van der Waals surface area (Å²) in [5.41, 5.74) is -0.827. The van der Waals surface area contributed by atoms with Crippen LogP contribution in [0.1, 0.15) is 26.3 Å². The lowest BCUT2D eigenvalue weighted by Gasteiger charge is -2.25. The van der Waals surface area contributed by atoms with Crippen LogP contribution >= 0.6 is 24.0 Å². The van der Waals surface area contributed by atoms with E-state index in [2.05, 4.69) is 15.3 Å². The molecule has 1 N–H and O–H groups in total. The highest BCUT2D eigenvalue weighted by Crippen LogP contribution is 2.29. The molecule has 29 heavy (non-hydrogen) atoms. The molecule has 0 saturated heterocycles.